The van der Waals surface area contributed by atoms with E-state index in [9.17, 15) is 8.78 Å². The van der Waals surface area contributed by atoms with E-state index < -0.39 is 11.6 Å². The Morgan fingerprint density at radius 2 is 1.71 bits per heavy atom. The van der Waals surface area contributed by atoms with Crippen molar-refractivity contribution in [3.05, 3.63) is 34.9 Å². The van der Waals surface area contributed by atoms with Crippen LogP contribution in [-0.2, 0) is 0 Å². The smallest absolute Gasteiger partial charge is 0.130 e. The molecule has 1 fully saturated rings. The maximum Gasteiger partial charge on any atom is 0.130 e. The summed E-state index contributed by atoms with van der Waals surface area (Å²) in [5, 5.41) is 8.74. The summed E-state index contributed by atoms with van der Waals surface area (Å²) < 4.78 is 28.1. The summed E-state index contributed by atoms with van der Waals surface area (Å²) in [5.41, 5.74) is 0.253. The molecular formula is C18H23F2N. The number of halogens is 2. The molecule has 1 nitrogen and oxygen atoms in total. The SMILES string of the molecule is CCCCCC1CCC(c2c(F)cc(C#N)cc2F)CC1. The lowest BCUT2D eigenvalue weighted by molar-refractivity contribution is 0.295. The van der Waals surface area contributed by atoms with Gasteiger partial charge in [0, 0.05) is 5.56 Å². The van der Waals surface area contributed by atoms with Crippen LogP contribution in [0.3, 0.4) is 0 Å². The van der Waals surface area contributed by atoms with Gasteiger partial charge in [-0.25, -0.2) is 8.78 Å². The van der Waals surface area contributed by atoms with E-state index in [1.807, 2.05) is 0 Å². The fraction of sp³-hybridized carbons (Fsp3) is 0.611. The Morgan fingerprint density at radius 3 is 2.24 bits per heavy atom. The van der Waals surface area contributed by atoms with E-state index in [-0.39, 0.29) is 17.0 Å². The lowest BCUT2D eigenvalue weighted by Crippen LogP contribution is -2.15. The first-order valence-corrected chi connectivity index (χ1v) is 8.04. The van der Waals surface area contributed by atoms with Gasteiger partial charge in [-0.1, -0.05) is 32.6 Å². The lowest BCUT2D eigenvalue weighted by Gasteiger charge is -2.29. The monoisotopic (exact) mass is 291 g/mol. The molecule has 0 unspecified atom stereocenters. The van der Waals surface area contributed by atoms with Crippen LogP contribution in [0.1, 0.15) is 75.3 Å². The molecule has 1 saturated carbocycles. The maximum absolute atomic E-state index is 14.0. The second kappa shape index (κ2) is 7.54. The standard InChI is InChI=1S/C18H23F2N/c1-2-3-4-5-13-6-8-15(9-7-13)18-16(19)10-14(12-21)11-17(18)20/h10-11,13,15H,2-9H2,1H3. The minimum absolute atomic E-state index is 0.0276. The average molecular weight is 291 g/mol. The van der Waals surface area contributed by atoms with E-state index in [0.717, 1.165) is 43.7 Å². The number of rotatable bonds is 5. The van der Waals surface area contributed by atoms with E-state index in [2.05, 4.69) is 6.92 Å². The number of hydrogen-bond donors (Lipinski definition) is 0. The van der Waals surface area contributed by atoms with Crippen molar-refractivity contribution < 1.29 is 8.78 Å². The molecule has 0 spiro atoms. The van der Waals surface area contributed by atoms with Gasteiger partial charge in [-0.05, 0) is 49.7 Å². The quantitative estimate of drug-likeness (QED) is 0.639. The highest BCUT2D eigenvalue weighted by atomic mass is 19.1. The molecule has 0 N–H and O–H groups in total. The van der Waals surface area contributed by atoms with Crippen molar-refractivity contribution in [3.63, 3.8) is 0 Å². The van der Waals surface area contributed by atoms with Crippen LogP contribution < -0.4 is 0 Å². The minimum atomic E-state index is -0.555. The zero-order valence-corrected chi connectivity index (χ0v) is 12.7. The number of nitriles is 1. The Balaban J connectivity index is 1.98. The Labute approximate surface area is 126 Å². The van der Waals surface area contributed by atoms with Crippen molar-refractivity contribution in [2.24, 2.45) is 5.92 Å². The largest absolute Gasteiger partial charge is 0.207 e. The van der Waals surface area contributed by atoms with Gasteiger partial charge < -0.3 is 0 Å². The summed E-state index contributed by atoms with van der Waals surface area (Å²) in [6.07, 6.45) is 8.87. The van der Waals surface area contributed by atoms with Gasteiger partial charge in [-0.3, -0.25) is 0 Å². The first-order chi connectivity index (χ1) is 10.2. The molecule has 0 radical (unpaired) electrons. The van der Waals surface area contributed by atoms with Gasteiger partial charge in [0.25, 0.3) is 0 Å². The van der Waals surface area contributed by atoms with Gasteiger partial charge in [-0.15, -0.1) is 0 Å². The van der Waals surface area contributed by atoms with Gasteiger partial charge in [0.05, 0.1) is 11.6 Å². The summed E-state index contributed by atoms with van der Waals surface area (Å²) >= 11 is 0. The average Bonchev–Trinajstić information content (AvgIpc) is 2.48. The molecule has 0 atom stereocenters. The van der Waals surface area contributed by atoms with Gasteiger partial charge in [0.2, 0.25) is 0 Å². The van der Waals surface area contributed by atoms with Crippen molar-refractivity contribution >= 4 is 0 Å². The molecule has 0 bridgehead atoms. The molecule has 0 heterocycles. The molecule has 0 amide bonds. The predicted molar refractivity (Wildman–Crippen MR) is 79.9 cm³/mol. The Kier molecular flexibility index (Phi) is 5.73. The fourth-order valence-corrected chi connectivity index (χ4v) is 3.46. The molecule has 1 aliphatic rings. The van der Waals surface area contributed by atoms with Crippen molar-refractivity contribution in [1.82, 2.24) is 0 Å². The summed E-state index contributed by atoms with van der Waals surface area (Å²) in [5.74, 6) is -0.417. The first-order valence-electron chi connectivity index (χ1n) is 8.04. The molecule has 3 heteroatoms. The van der Waals surface area contributed by atoms with Gasteiger partial charge in [-0.2, -0.15) is 5.26 Å². The van der Waals surface area contributed by atoms with Crippen LogP contribution in [0.25, 0.3) is 0 Å². The Bertz CT molecular complexity index is 487. The van der Waals surface area contributed by atoms with E-state index >= 15 is 0 Å². The van der Waals surface area contributed by atoms with Gasteiger partial charge in [0.1, 0.15) is 11.6 Å². The summed E-state index contributed by atoms with van der Waals surface area (Å²) in [4.78, 5) is 0. The molecule has 1 aromatic carbocycles. The molecule has 1 aromatic rings. The molecule has 21 heavy (non-hydrogen) atoms. The molecule has 0 aromatic heterocycles. The van der Waals surface area contributed by atoms with E-state index in [0.29, 0.717) is 0 Å². The summed E-state index contributed by atoms with van der Waals surface area (Å²) in [7, 11) is 0. The van der Waals surface area contributed by atoms with Crippen LogP contribution in [0.15, 0.2) is 12.1 Å². The third-order valence-electron chi connectivity index (χ3n) is 4.68. The molecule has 1 aliphatic carbocycles. The van der Waals surface area contributed by atoms with Crippen LogP contribution >= 0.6 is 0 Å². The van der Waals surface area contributed by atoms with E-state index in [1.54, 1.807) is 6.07 Å². The van der Waals surface area contributed by atoms with E-state index in [4.69, 9.17) is 5.26 Å². The van der Waals surface area contributed by atoms with Gasteiger partial charge in [0.15, 0.2) is 0 Å². The molecular weight excluding hydrogens is 268 g/mol. The van der Waals surface area contributed by atoms with Crippen LogP contribution in [0, 0.1) is 28.9 Å². The minimum Gasteiger partial charge on any atom is -0.207 e. The zero-order valence-electron chi connectivity index (χ0n) is 12.7. The molecule has 2 rings (SSSR count). The van der Waals surface area contributed by atoms with Crippen molar-refractivity contribution in [3.8, 4) is 6.07 Å². The third-order valence-corrected chi connectivity index (χ3v) is 4.68. The molecule has 0 saturated heterocycles. The number of nitrogens with zero attached hydrogens (tertiary/aromatic N) is 1. The highest BCUT2D eigenvalue weighted by molar-refractivity contribution is 5.35. The second-order valence-electron chi connectivity index (χ2n) is 6.18. The fourth-order valence-electron chi connectivity index (χ4n) is 3.46. The number of unbranched alkanes of at least 4 members (excludes halogenated alkanes) is 2. The highest BCUT2D eigenvalue weighted by Gasteiger charge is 2.26. The van der Waals surface area contributed by atoms with Crippen LogP contribution in [0.4, 0.5) is 8.78 Å². The Hall–Kier alpha value is -1.43. The molecule has 0 aliphatic heterocycles. The summed E-state index contributed by atoms with van der Waals surface area (Å²) in [6, 6.07) is 4.11. The predicted octanol–water partition coefficient (Wildman–Crippen LogP) is 5.69. The summed E-state index contributed by atoms with van der Waals surface area (Å²) in [6.45, 7) is 2.20. The second-order valence-corrected chi connectivity index (χ2v) is 6.18. The first kappa shape index (κ1) is 15.9. The van der Waals surface area contributed by atoms with Crippen LogP contribution in [-0.4, -0.2) is 0 Å². The highest BCUT2D eigenvalue weighted by Crippen LogP contribution is 2.39. The topological polar surface area (TPSA) is 23.8 Å². The molecule has 114 valence electrons. The zero-order chi connectivity index (χ0) is 15.2. The third kappa shape index (κ3) is 4.03. The Morgan fingerprint density at radius 1 is 1.10 bits per heavy atom. The normalized spacial score (nSPS) is 22.0. The van der Waals surface area contributed by atoms with Crippen LogP contribution in [0.5, 0.6) is 0 Å². The van der Waals surface area contributed by atoms with Crippen molar-refractivity contribution in [2.75, 3.05) is 0 Å². The van der Waals surface area contributed by atoms with E-state index in [1.165, 1.54) is 25.7 Å². The van der Waals surface area contributed by atoms with Crippen LogP contribution in [0.2, 0.25) is 0 Å². The van der Waals surface area contributed by atoms with Crippen molar-refractivity contribution in [2.45, 2.75) is 64.2 Å². The van der Waals surface area contributed by atoms with Gasteiger partial charge >= 0.3 is 0 Å². The van der Waals surface area contributed by atoms with Crippen molar-refractivity contribution in [1.29, 1.82) is 5.26 Å². The number of hydrogen-bond acceptors (Lipinski definition) is 1. The number of benzene rings is 1. The maximum atomic E-state index is 14.0. The lowest BCUT2D eigenvalue weighted by atomic mass is 9.76.